The van der Waals surface area contributed by atoms with Gasteiger partial charge in [-0.2, -0.15) is 0 Å². The summed E-state index contributed by atoms with van der Waals surface area (Å²) in [5.74, 6) is -1.78. The molecule has 0 saturated carbocycles. The SMILES string of the molecule is CCC1(C(=O)O)CCN(C(=O)c2cccc(F)c2N)CC1. The maximum Gasteiger partial charge on any atom is 0.309 e. The number of hydrogen-bond acceptors (Lipinski definition) is 3. The van der Waals surface area contributed by atoms with Crippen LogP contribution in [0.4, 0.5) is 10.1 Å². The minimum Gasteiger partial charge on any atom is -0.481 e. The average molecular weight is 294 g/mol. The van der Waals surface area contributed by atoms with Crippen LogP contribution in [0, 0.1) is 11.2 Å². The van der Waals surface area contributed by atoms with Gasteiger partial charge in [-0.15, -0.1) is 0 Å². The number of carboxylic acid groups (broad SMARTS) is 1. The minimum atomic E-state index is -0.817. The number of carboxylic acids is 1. The van der Waals surface area contributed by atoms with E-state index in [9.17, 15) is 19.1 Å². The Morgan fingerprint density at radius 3 is 2.52 bits per heavy atom. The fourth-order valence-electron chi connectivity index (χ4n) is 2.75. The van der Waals surface area contributed by atoms with Gasteiger partial charge in [0.05, 0.1) is 16.7 Å². The maximum atomic E-state index is 13.4. The summed E-state index contributed by atoms with van der Waals surface area (Å²) in [6.45, 7) is 2.53. The lowest BCUT2D eigenvalue weighted by Gasteiger charge is -2.38. The molecule has 3 N–H and O–H groups in total. The van der Waals surface area contributed by atoms with Crippen molar-refractivity contribution >= 4 is 17.6 Å². The number of hydrogen-bond donors (Lipinski definition) is 2. The van der Waals surface area contributed by atoms with E-state index >= 15 is 0 Å². The maximum absolute atomic E-state index is 13.4. The van der Waals surface area contributed by atoms with Crippen molar-refractivity contribution in [1.29, 1.82) is 0 Å². The van der Waals surface area contributed by atoms with E-state index in [-0.39, 0.29) is 17.2 Å². The Bertz CT molecular complexity index is 566. The van der Waals surface area contributed by atoms with Gasteiger partial charge in [0, 0.05) is 13.1 Å². The Balaban J connectivity index is 2.14. The lowest BCUT2D eigenvalue weighted by Crippen LogP contribution is -2.46. The van der Waals surface area contributed by atoms with Crippen molar-refractivity contribution in [1.82, 2.24) is 4.90 Å². The van der Waals surface area contributed by atoms with E-state index in [0.29, 0.717) is 32.4 Å². The van der Waals surface area contributed by atoms with Crippen LogP contribution in [0.5, 0.6) is 0 Å². The molecular weight excluding hydrogens is 275 g/mol. The molecule has 1 aliphatic heterocycles. The highest BCUT2D eigenvalue weighted by Crippen LogP contribution is 2.35. The van der Waals surface area contributed by atoms with Gasteiger partial charge in [-0.05, 0) is 31.4 Å². The van der Waals surface area contributed by atoms with Gasteiger partial charge >= 0.3 is 5.97 Å². The number of aliphatic carboxylic acids is 1. The van der Waals surface area contributed by atoms with Crippen LogP contribution in [0.25, 0.3) is 0 Å². The predicted molar refractivity (Wildman–Crippen MR) is 76.3 cm³/mol. The Morgan fingerprint density at radius 2 is 2.00 bits per heavy atom. The van der Waals surface area contributed by atoms with Crippen LogP contribution in [0.2, 0.25) is 0 Å². The molecule has 1 aliphatic rings. The number of anilines is 1. The number of nitrogen functional groups attached to an aromatic ring is 1. The van der Waals surface area contributed by atoms with Crippen molar-refractivity contribution in [2.24, 2.45) is 5.41 Å². The number of carbonyl (C=O) groups is 2. The minimum absolute atomic E-state index is 0.134. The summed E-state index contributed by atoms with van der Waals surface area (Å²) < 4.78 is 13.4. The zero-order chi connectivity index (χ0) is 15.6. The van der Waals surface area contributed by atoms with Gasteiger partial charge in [-0.1, -0.05) is 13.0 Å². The number of rotatable bonds is 3. The molecule has 0 atom stereocenters. The predicted octanol–water partition coefficient (Wildman–Crippen LogP) is 2.12. The normalized spacial score (nSPS) is 17.5. The molecule has 1 fully saturated rings. The van der Waals surface area contributed by atoms with Crippen LogP contribution >= 0.6 is 0 Å². The molecule has 21 heavy (non-hydrogen) atoms. The highest BCUT2D eigenvalue weighted by molar-refractivity contribution is 5.99. The summed E-state index contributed by atoms with van der Waals surface area (Å²) in [6.07, 6.45) is 1.34. The van der Waals surface area contributed by atoms with Crippen molar-refractivity contribution in [3.63, 3.8) is 0 Å². The molecule has 0 bridgehead atoms. The first-order valence-corrected chi connectivity index (χ1v) is 6.98. The van der Waals surface area contributed by atoms with Crippen molar-refractivity contribution < 1.29 is 19.1 Å². The molecule has 0 spiro atoms. The van der Waals surface area contributed by atoms with Gasteiger partial charge in [0.1, 0.15) is 5.82 Å². The van der Waals surface area contributed by atoms with Crippen LogP contribution in [0.15, 0.2) is 18.2 Å². The quantitative estimate of drug-likeness (QED) is 0.836. The summed E-state index contributed by atoms with van der Waals surface area (Å²) in [7, 11) is 0. The average Bonchev–Trinajstić information content (AvgIpc) is 2.49. The molecule has 6 heteroatoms. The number of para-hydroxylation sites is 1. The standard InChI is InChI=1S/C15H19FN2O3/c1-2-15(14(20)21)6-8-18(9-7-15)13(19)10-4-3-5-11(16)12(10)17/h3-5H,2,6-9,17H2,1H3,(H,20,21). The first-order valence-electron chi connectivity index (χ1n) is 6.98. The second-order valence-corrected chi connectivity index (χ2v) is 5.43. The third-order valence-corrected chi connectivity index (χ3v) is 4.42. The summed E-state index contributed by atoms with van der Waals surface area (Å²) >= 11 is 0. The molecule has 5 nitrogen and oxygen atoms in total. The number of carbonyl (C=O) groups excluding carboxylic acids is 1. The zero-order valence-electron chi connectivity index (χ0n) is 11.9. The lowest BCUT2D eigenvalue weighted by molar-refractivity contribution is -0.152. The first kappa shape index (κ1) is 15.3. The van der Waals surface area contributed by atoms with Crippen LogP contribution in [-0.4, -0.2) is 35.0 Å². The van der Waals surface area contributed by atoms with E-state index in [4.69, 9.17) is 5.73 Å². The van der Waals surface area contributed by atoms with Gasteiger partial charge < -0.3 is 15.7 Å². The summed E-state index contributed by atoms with van der Waals surface area (Å²) in [6, 6.07) is 4.13. The molecule has 1 amide bonds. The molecule has 1 aromatic carbocycles. The molecule has 0 unspecified atom stereocenters. The number of nitrogens with zero attached hydrogens (tertiary/aromatic N) is 1. The largest absolute Gasteiger partial charge is 0.481 e. The van der Waals surface area contributed by atoms with Gasteiger partial charge in [0.2, 0.25) is 0 Å². The van der Waals surface area contributed by atoms with Gasteiger partial charge in [-0.3, -0.25) is 9.59 Å². The molecule has 2 rings (SSSR count). The van der Waals surface area contributed by atoms with E-state index in [1.165, 1.54) is 18.2 Å². The molecule has 1 heterocycles. The van der Waals surface area contributed by atoms with Gasteiger partial charge in [0.15, 0.2) is 0 Å². The van der Waals surface area contributed by atoms with Crippen LogP contribution in [0.1, 0.15) is 36.5 Å². The molecule has 0 aromatic heterocycles. The third-order valence-electron chi connectivity index (χ3n) is 4.42. The van der Waals surface area contributed by atoms with Gasteiger partial charge in [-0.25, -0.2) is 4.39 Å². The van der Waals surface area contributed by atoms with Crippen LogP contribution in [-0.2, 0) is 4.79 Å². The molecule has 114 valence electrons. The second-order valence-electron chi connectivity index (χ2n) is 5.43. The van der Waals surface area contributed by atoms with Gasteiger partial charge in [0.25, 0.3) is 5.91 Å². The fraction of sp³-hybridized carbons (Fsp3) is 0.467. The molecule has 0 aliphatic carbocycles. The first-order chi connectivity index (χ1) is 9.91. The second kappa shape index (κ2) is 5.71. The van der Waals surface area contributed by atoms with Crippen molar-refractivity contribution in [2.45, 2.75) is 26.2 Å². The van der Waals surface area contributed by atoms with E-state index in [1.807, 2.05) is 6.92 Å². The van der Waals surface area contributed by atoms with E-state index < -0.39 is 17.2 Å². The Kier molecular flexibility index (Phi) is 4.16. The third kappa shape index (κ3) is 2.70. The van der Waals surface area contributed by atoms with E-state index in [2.05, 4.69) is 0 Å². The highest BCUT2D eigenvalue weighted by atomic mass is 19.1. The summed E-state index contributed by atoms with van der Waals surface area (Å²) in [5.41, 5.74) is 4.82. The lowest BCUT2D eigenvalue weighted by atomic mass is 9.76. The number of halogens is 1. The molecule has 0 radical (unpaired) electrons. The van der Waals surface area contributed by atoms with Crippen molar-refractivity contribution in [3.05, 3.63) is 29.6 Å². The summed E-state index contributed by atoms with van der Waals surface area (Å²) in [4.78, 5) is 25.3. The van der Waals surface area contributed by atoms with E-state index in [1.54, 1.807) is 4.90 Å². The molecule has 1 saturated heterocycles. The molecular formula is C15H19FN2O3. The topological polar surface area (TPSA) is 83.6 Å². The van der Waals surface area contributed by atoms with E-state index in [0.717, 1.165) is 0 Å². The monoisotopic (exact) mass is 294 g/mol. The number of piperidine rings is 1. The molecule has 1 aromatic rings. The Hall–Kier alpha value is -2.11. The van der Waals surface area contributed by atoms with Crippen molar-refractivity contribution in [2.75, 3.05) is 18.8 Å². The Morgan fingerprint density at radius 1 is 1.38 bits per heavy atom. The smallest absolute Gasteiger partial charge is 0.309 e. The number of benzene rings is 1. The van der Waals surface area contributed by atoms with Crippen molar-refractivity contribution in [3.8, 4) is 0 Å². The van der Waals surface area contributed by atoms with Crippen LogP contribution < -0.4 is 5.73 Å². The Labute approximate surface area is 122 Å². The number of likely N-dealkylation sites (tertiary alicyclic amines) is 1. The summed E-state index contributed by atoms with van der Waals surface area (Å²) in [5, 5.41) is 9.34. The van der Waals surface area contributed by atoms with Crippen LogP contribution in [0.3, 0.4) is 0 Å². The number of nitrogens with two attached hydrogens (primary N) is 1. The zero-order valence-corrected chi connectivity index (χ0v) is 11.9. The number of amides is 1. The highest BCUT2D eigenvalue weighted by Gasteiger charge is 2.41. The fourth-order valence-corrected chi connectivity index (χ4v) is 2.75.